The number of rotatable bonds is 6. The van der Waals surface area contributed by atoms with Crippen molar-refractivity contribution >= 4 is 17.8 Å². The van der Waals surface area contributed by atoms with Gasteiger partial charge in [-0.1, -0.05) is 35.4 Å². The van der Waals surface area contributed by atoms with E-state index in [0.717, 1.165) is 16.7 Å². The summed E-state index contributed by atoms with van der Waals surface area (Å²) < 4.78 is 18.8. The number of hydrogen-bond acceptors (Lipinski definition) is 9. The fourth-order valence-electron chi connectivity index (χ4n) is 4.32. The van der Waals surface area contributed by atoms with Gasteiger partial charge in [0.15, 0.2) is 5.82 Å². The molecule has 5 rings (SSSR count). The molecule has 3 heterocycles. The number of fused-ring (bicyclic) bond motifs is 1. The molecule has 3 aromatic rings. The molecule has 1 saturated heterocycles. The average molecular weight is 505 g/mol. The van der Waals surface area contributed by atoms with Crippen LogP contribution in [0.15, 0.2) is 59.5 Å². The van der Waals surface area contributed by atoms with E-state index < -0.39 is 36.1 Å². The van der Waals surface area contributed by atoms with Crippen molar-refractivity contribution in [3.63, 3.8) is 0 Å². The highest BCUT2D eigenvalue weighted by Gasteiger charge is 2.40. The minimum Gasteiger partial charge on any atom is -0.459 e. The molecule has 37 heavy (non-hydrogen) atoms. The first kappa shape index (κ1) is 24.7. The molecule has 2 N–H and O–H groups in total. The van der Waals surface area contributed by atoms with Crippen LogP contribution < -0.4 is 16.5 Å². The maximum absolute atomic E-state index is 12.9. The monoisotopic (exact) mass is 504 g/mol. The molecule has 2 aromatic carbocycles. The average Bonchev–Trinajstić information content (AvgIpc) is 3.29. The Kier molecular flexibility index (Phi) is 7.02. The van der Waals surface area contributed by atoms with Crippen molar-refractivity contribution in [1.29, 1.82) is 0 Å². The van der Waals surface area contributed by atoms with Crippen LogP contribution in [0.2, 0.25) is 0 Å². The summed E-state index contributed by atoms with van der Waals surface area (Å²) in [6, 6.07) is 14.1. The normalized spacial score (nSPS) is 20.5. The van der Waals surface area contributed by atoms with Gasteiger partial charge in [-0.25, -0.2) is 19.8 Å². The van der Waals surface area contributed by atoms with Gasteiger partial charge in [-0.2, -0.15) is 4.98 Å². The SMILES string of the molecule is Cc1ccc(C(=O)OC[C@H]2O[C@@H](n3cc4c(nc3=O)NNCC4)C[C@@H]2OC(=O)c2ccc(C)cc2)cc1. The molecule has 192 valence electrons. The number of benzene rings is 2. The first-order valence-electron chi connectivity index (χ1n) is 12.2. The van der Waals surface area contributed by atoms with Gasteiger partial charge in [0.25, 0.3) is 0 Å². The highest BCUT2D eigenvalue weighted by atomic mass is 16.6. The van der Waals surface area contributed by atoms with Gasteiger partial charge >= 0.3 is 17.6 Å². The highest BCUT2D eigenvalue weighted by molar-refractivity contribution is 5.90. The summed E-state index contributed by atoms with van der Waals surface area (Å²) in [5.74, 6) is -0.548. The Hall–Kier alpha value is -4.02. The van der Waals surface area contributed by atoms with Crippen molar-refractivity contribution in [2.45, 2.75) is 45.1 Å². The van der Waals surface area contributed by atoms with Gasteiger partial charge in [-0.15, -0.1) is 0 Å². The number of aryl methyl sites for hydroxylation is 2. The minimum absolute atomic E-state index is 0.145. The van der Waals surface area contributed by atoms with Crippen molar-refractivity contribution in [3.8, 4) is 0 Å². The van der Waals surface area contributed by atoms with E-state index in [1.807, 2.05) is 38.1 Å². The molecule has 0 saturated carbocycles. The van der Waals surface area contributed by atoms with Crippen LogP contribution in [0.4, 0.5) is 5.82 Å². The maximum atomic E-state index is 12.9. The van der Waals surface area contributed by atoms with E-state index in [2.05, 4.69) is 15.8 Å². The number of esters is 2. The fraction of sp³-hybridized carbons (Fsp3) is 0.333. The quantitative estimate of drug-likeness (QED) is 0.488. The Bertz CT molecular complexity index is 1350. The van der Waals surface area contributed by atoms with Crippen LogP contribution in [0.3, 0.4) is 0 Å². The van der Waals surface area contributed by atoms with Gasteiger partial charge in [-0.3, -0.25) is 4.57 Å². The molecular formula is C27H28N4O6. The van der Waals surface area contributed by atoms with Crippen molar-refractivity contribution in [1.82, 2.24) is 15.0 Å². The molecule has 2 aliphatic rings. The Balaban J connectivity index is 1.35. The van der Waals surface area contributed by atoms with Gasteiger partial charge in [0.05, 0.1) is 11.1 Å². The zero-order chi connectivity index (χ0) is 25.9. The smallest absolute Gasteiger partial charge is 0.351 e. The zero-order valence-corrected chi connectivity index (χ0v) is 20.6. The van der Waals surface area contributed by atoms with Crippen LogP contribution in [-0.4, -0.2) is 46.8 Å². The molecule has 0 spiro atoms. The van der Waals surface area contributed by atoms with Crippen molar-refractivity contribution in [2.24, 2.45) is 0 Å². The summed E-state index contributed by atoms with van der Waals surface area (Å²) in [7, 11) is 0. The summed E-state index contributed by atoms with van der Waals surface area (Å²) in [5.41, 5.74) is 9.07. The zero-order valence-electron chi connectivity index (χ0n) is 20.6. The van der Waals surface area contributed by atoms with Crippen LogP contribution in [-0.2, 0) is 20.6 Å². The van der Waals surface area contributed by atoms with Crippen LogP contribution in [0.1, 0.15) is 50.1 Å². The largest absolute Gasteiger partial charge is 0.459 e. The summed E-state index contributed by atoms with van der Waals surface area (Å²) >= 11 is 0. The fourth-order valence-corrected chi connectivity index (χ4v) is 4.32. The van der Waals surface area contributed by atoms with Crippen LogP contribution in [0.25, 0.3) is 0 Å². The second kappa shape index (κ2) is 10.5. The number of hydrogen-bond donors (Lipinski definition) is 2. The molecule has 1 aromatic heterocycles. The topological polar surface area (TPSA) is 121 Å². The van der Waals surface area contributed by atoms with E-state index in [1.54, 1.807) is 30.5 Å². The summed E-state index contributed by atoms with van der Waals surface area (Å²) in [6.45, 7) is 4.40. The molecule has 0 unspecified atom stereocenters. The molecular weight excluding hydrogens is 476 g/mol. The van der Waals surface area contributed by atoms with E-state index in [1.165, 1.54) is 4.57 Å². The predicted molar refractivity (Wildman–Crippen MR) is 134 cm³/mol. The molecule has 0 amide bonds. The van der Waals surface area contributed by atoms with Crippen molar-refractivity contribution in [2.75, 3.05) is 18.6 Å². The van der Waals surface area contributed by atoms with Gasteiger partial charge in [-0.05, 0) is 44.5 Å². The van der Waals surface area contributed by atoms with Gasteiger partial charge < -0.3 is 19.6 Å². The Labute approximate surface area is 213 Å². The second-order valence-electron chi connectivity index (χ2n) is 9.25. The lowest BCUT2D eigenvalue weighted by molar-refractivity contribution is -0.0582. The van der Waals surface area contributed by atoms with Crippen molar-refractivity contribution < 1.29 is 23.8 Å². The highest BCUT2D eigenvalue weighted by Crippen LogP contribution is 2.32. The summed E-state index contributed by atoms with van der Waals surface area (Å²) in [6.07, 6.45) is 0.355. The number of ether oxygens (including phenoxy) is 3. The Morgan fingerprint density at radius 1 is 1.03 bits per heavy atom. The molecule has 10 heteroatoms. The molecule has 3 atom stereocenters. The third kappa shape index (κ3) is 5.55. The first-order chi connectivity index (χ1) is 17.9. The number of nitrogens with zero attached hydrogens (tertiary/aromatic N) is 2. The van der Waals surface area contributed by atoms with Gasteiger partial charge in [0.2, 0.25) is 0 Å². The number of anilines is 1. The number of carbonyl (C=O) groups is 2. The second-order valence-corrected chi connectivity index (χ2v) is 9.25. The lowest BCUT2D eigenvalue weighted by Crippen LogP contribution is -2.36. The Morgan fingerprint density at radius 3 is 2.35 bits per heavy atom. The number of carbonyl (C=O) groups excluding carboxylic acids is 2. The minimum atomic E-state index is -0.767. The molecule has 0 aliphatic carbocycles. The number of nitrogens with one attached hydrogen (secondary N) is 2. The lowest BCUT2D eigenvalue weighted by Gasteiger charge is -2.21. The van der Waals surface area contributed by atoms with E-state index >= 15 is 0 Å². The first-order valence-corrected chi connectivity index (χ1v) is 12.2. The number of hydrazine groups is 1. The number of aromatic nitrogens is 2. The lowest BCUT2D eigenvalue weighted by atomic mass is 10.1. The third-order valence-corrected chi connectivity index (χ3v) is 6.46. The van der Waals surface area contributed by atoms with Crippen LogP contribution in [0.5, 0.6) is 0 Å². The molecule has 2 aliphatic heterocycles. The summed E-state index contributed by atoms with van der Waals surface area (Å²) in [4.78, 5) is 42.3. The third-order valence-electron chi connectivity index (χ3n) is 6.46. The van der Waals surface area contributed by atoms with E-state index in [0.29, 0.717) is 29.9 Å². The molecule has 1 fully saturated rings. The molecule has 0 radical (unpaired) electrons. The van der Waals surface area contributed by atoms with E-state index in [9.17, 15) is 14.4 Å². The maximum Gasteiger partial charge on any atom is 0.351 e. The van der Waals surface area contributed by atoms with E-state index in [4.69, 9.17) is 14.2 Å². The van der Waals surface area contributed by atoms with Gasteiger partial charge in [0, 0.05) is 24.7 Å². The summed E-state index contributed by atoms with van der Waals surface area (Å²) in [5, 5.41) is 0. The molecule has 0 bridgehead atoms. The van der Waals surface area contributed by atoms with Gasteiger partial charge in [0.1, 0.15) is 25.0 Å². The Morgan fingerprint density at radius 2 is 1.68 bits per heavy atom. The van der Waals surface area contributed by atoms with Crippen molar-refractivity contribution in [3.05, 3.63) is 93.0 Å². The molecule has 10 nitrogen and oxygen atoms in total. The van der Waals surface area contributed by atoms with Crippen LogP contribution >= 0.6 is 0 Å². The van der Waals surface area contributed by atoms with E-state index in [-0.39, 0.29) is 13.0 Å². The van der Waals surface area contributed by atoms with Crippen LogP contribution in [0, 0.1) is 13.8 Å². The predicted octanol–water partition coefficient (Wildman–Crippen LogP) is 2.70. The standard InChI is InChI=1S/C27H28N4O6/c1-16-3-7-18(8-4-16)25(32)35-15-22-21(37-26(33)19-9-5-17(2)6-10-19)13-23(36-22)31-14-20-11-12-28-30-24(20)29-27(31)34/h3-10,14,21-23,28H,11-13,15H2,1-2H3,(H,29,30,34)/t21-,22+,23+/m0/s1.